The Kier molecular flexibility index (Phi) is 29.2. The zero-order chi connectivity index (χ0) is 25.0. The minimum Gasteiger partial charge on any atom is -0.0654 e. The molecular formula is C34H70. The summed E-state index contributed by atoms with van der Waals surface area (Å²) in [5.41, 5.74) is 0. The molecule has 0 nitrogen and oxygen atoms in total. The van der Waals surface area contributed by atoms with Crippen molar-refractivity contribution in [1.29, 1.82) is 0 Å². The molecule has 0 aromatic heterocycles. The van der Waals surface area contributed by atoms with E-state index in [0.717, 1.165) is 11.8 Å². The van der Waals surface area contributed by atoms with Gasteiger partial charge < -0.3 is 0 Å². The minimum absolute atomic E-state index is 0.964. The van der Waals surface area contributed by atoms with Gasteiger partial charge >= 0.3 is 0 Å². The summed E-state index contributed by atoms with van der Waals surface area (Å²) in [6.45, 7) is 9.62. The van der Waals surface area contributed by atoms with Crippen LogP contribution in [0.2, 0.25) is 0 Å². The maximum absolute atomic E-state index is 2.50. The molecule has 0 amide bonds. The van der Waals surface area contributed by atoms with Gasteiger partial charge in [0.2, 0.25) is 0 Å². The molecule has 0 rings (SSSR count). The quantitative estimate of drug-likeness (QED) is 0.0937. The van der Waals surface area contributed by atoms with E-state index in [-0.39, 0.29) is 0 Å². The van der Waals surface area contributed by atoms with Crippen LogP contribution in [0.15, 0.2) is 0 Å². The van der Waals surface area contributed by atoms with E-state index >= 15 is 0 Å². The summed E-state index contributed by atoms with van der Waals surface area (Å²) in [6.07, 6.45) is 41.1. The summed E-state index contributed by atoms with van der Waals surface area (Å²) in [5, 5.41) is 0. The molecule has 2 unspecified atom stereocenters. The van der Waals surface area contributed by atoms with Crippen LogP contribution in [-0.4, -0.2) is 0 Å². The smallest absolute Gasteiger partial charge is 0.0443 e. The summed E-state index contributed by atoms with van der Waals surface area (Å²) in [7, 11) is 0. The molecule has 0 N–H and O–H groups in total. The van der Waals surface area contributed by atoms with Gasteiger partial charge in [0.05, 0.1) is 0 Å². The standard InChI is InChI=1S/C34H70/c1-5-7-9-11-13-15-16-18-22-26-30-34(4)32-28-24-20-19-23-27-31-33(3)29-25-21-17-14-12-10-8-6-2/h33-34H,5-32H2,1-4H3. The van der Waals surface area contributed by atoms with Crippen molar-refractivity contribution < 1.29 is 0 Å². The molecule has 0 saturated heterocycles. The molecule has 206 valence electrons. The van der Waals surface area contributed by atoms with Crippen molar-refractivity contribution in [2.45, 2.75) is 207 Å². The fourth-order valence-electron chi connectivity index (χ4n) is 5.59. The largest absolute Gasteiger partial charge is 0.0654 e. The van der Waals surface area contributed by atoms with Crippen LogP contribution in [0.4, 0.5) is 0 Å². The van der Waals surface area contributed by atoms with Gasteiger partial charge in [0, 0.05) is 0 Å². The Morgan fingerprint density at radius 1 is 0.265 bits per heavy atom. The average Bonchev–Trinajstić information content (AvgIpc) is 2.83. The molecule has 0 saturated carbocycles. The van der Waals surface area contributed by atoms with Crippen LogP contribution in [-0.2, 0) is 0 Å². The summed E-state index contributed by atoms with van der Waals surface area (Å²) in [4.78, 5) is 0. The van der Waals surface area contributed by atoms with Gasteiger partial charge in [-0.1, -0.05) is 207 Å². The van der Waals surface area contributed by atoms with Gasteiger partial charge in [-0.05, 0) is 11.8 Å². The van der Waals surface area contributed by atoms with E-state index in [1.54, 1.807) is 0 Å². The lowest BCUT2D eigenvalue weighted by Gasteiger charge is -2.12. The Bertz CT molecular complexity index is 346. The fourth-order valence-corrected chi connectivity index (χ4v) is 5.59. The predicted octanol–water partition coefficient (Wildman–Crippen LogP) is 13.2. The normalized spacial score (nSPS) is 13.4. The molecule has 0 bridgehead atoms. The van der Waals surface area contributed by atoms with Crippen LogP contribution in [0.1, 0.15) is 207 Å². The van der Waals surface area contributed by atoms with Crippen molar-refractivity contribution in [1.82, 2.24) is 0 Å². The summed E-state index contributed by atoms with van der Waals surface area (Å²) in [5.74, 6) is 1.93. The van der Waals surface area contributed by atoms with Crippen molar-refractivity contribution in [3.63, 3.8) is 0 Å². The third kappa shape index (κ3) is 28.2. The molecule has 0 fully saturated rings. The van der Waals surface area contributed by atoms with E-state index in [1.807, 2.05) is 0 Å². The number of rotatable bonds is 29. The lowest BCUT2D eigenvalue weighted by Crippen LogP contribution is -1.96. The zero-order valence-electron chi connectivity index (χ0n) is 25.0. The van der Waals surface area contributed by atoms with Crippen LogP contribution in [0.25, 0.3) is 0 Å². The molecule has 0 spiro atoms. The minimum atomic E-state index is 0.964. The summed E-state index contributed by atoms with van der Waals surface area (Å²) < 4.78 is 0. The second kappa shape index (κ2) is 29.2. The van der Waals surface area contributed by atoms with Crippen molar-refractivity contribution in [3.05, 3.63) is 0 Å². The molecule has 0 heterocycles. The predicted molar refractivity (Wildman–Crippen MR) is 159 cm³/mol. The molecule has 0 aromatic rings. The molecule has 0 radical (unpaired) electrons. The molecule has 0 aliphatic carbocycles. The lowest BCUT2D eigenvalue weighted by molar-refractivity contribution is 0.419. The first-order chi connectivity index (χ1) is 16.7. The van der Waals surface area contributed by atoms with E-state index < -0.39 is 0 Å². The van der Waals surface area contributed by atoms with Crippen LogP contribution in [0.3, 0.4) is 0 Å². The molecule has 34 heavy (non-hydrogen) atoms. The highest BCUT2D eigenvalue weighted by Crippen LogP contribution is 2.21. The van der Waals surface area contributed by atoms with Gasteiger partial charge in [-0.3, -0.25) is 0 Å². The Balaban J connectivity index is 3.24. The van der Waals surface area contributed by atoms with Crippen molar-refractivity contribution in [2.24, 2.45) is 11.8 Å². The average molecular weight is 479 g/mol. The van der Waals surface area contributed by atoms with Crippen LogP contribution in [0, 0.1) is 11.8 Å². The molecule has 0 aliphatic rings. The van der Waals surface area contributed by atoms with Gasteiger partial charge in [-0.15, -0.1) is 0 Å². The second-order valence-electron chi connectivity index (χ2n) is 12.1. The Morgan fingerprint density at radius 3 is 0.647 bits per heavy atom. The first-order valence-corrected chi connectivity index (χ1v) is 16.7. The number of hydrogen-bond acceptors (Lipinski definition) is 0. The van der Waals surface area contributed by atoms with E-state index in [2.05, 4.69) is 27.7 Å². The van der Waals surface area contributed by atoms with Crippen LogP contribution >= 0.6 is 0 Å². The number of hydrogen-bond donors (Lipinski definition) is 0. The first-order valence-electron chi connectivity index (χ1n) is 16.7. The third-order valence-corrected chi connectivity index (χ3v) is 8.24. The third-order valence-electron chi connectivity index (χ3n) is 8.24. The topological polar surface area (TPSA) is 0 Å². The zero-order valence-corrected chi connectivity index (χ0v) is 25.0. The Morgan fingerprint density at radius 2 is 0.441 bits per heavy atom. The van der Waals surface area contributed by atoms with Gasteiger partial charge in [0.1, 0.15) is 0 Å². The molecule has 0 aromatic carbocycles. The SMILES string of the molecule is CCCCCCCCCCCCC(C)CCCCCCCCC(C)CCCCCCCCCC. The van der Waals surface area contributed by atoms with E-state index in [0.29, 0.717) is 0 Å². The summed E-state index contributed by atoms with van der Waals surface area (Å²) >= 11 is 0. The van der Waals surface area contributed by atoms with Gasteiger partial charge in [0.15, 0.2) is 0 Å². The Labute approximate surface area is 219 Å². The number of unbranched alkanes of at least 4 members (excludes halogenated alkanes) is 21. The fraction of sp³-hybridized carbons (Fsp3) is 1.00. The highest BCUT2D eigenvalue weighted by Gasteiger charge is 2.04. The first kappa shape index (κ1) is 34.0. The van der Waals surface area contributed by atoms with Gasteiger partial charge in [-0.2, -0.15) is 0 Å². The van der Waals surface area contributed by atoms with Gasteiger partial charge in [-0.25, -0.2) is 0 Å². The maximum Gasteiger partial charge on any atom is -0.0443 e. The molecular weight excluding hydrogens is 408 g/mol. The molecule has 0 aliphatic heterocycles. The Hall–Kier alpha value is 0. The summed E-state index contributed by atoms with van der Waals surface area (Å²) in [6, 6.07) is 0. The monoisotopic (exact) mass is 479 g/mol. The van der Waals surface area contributed by atoms with Crippen LogP contribution < -0.4 is 0 Å². The highest BCUT2D eigenvalue weighted by atomic mass is 14.1. The molecule has 0 heteroatoms. The van der Waals surface area contributed by atoms with E-state index in [9.17, 15) is 0 Å². The van der Waals surface area contributed by atoms with Crippen molar-refractivity contribution in [3.8, 4) is 0 Å². The molecule has 2 atom stereocenters. The van der Waals surface area contributed by atoms with Crippen molar-refractivity contribution >= 4 is 0 Å². The highest BCUT2D eigenvalue weighted by molar-refractivity contribution is 4.58. The second-order valence-corrected chi connectivity index (χ2v) is 12.1. The van der Waals surface area contributed by atoms with E-state index in [4.69, 9.17) is 0 Å². The van der Waals surface area contributed by atoms with Gasteiger partial charge in [0.25, 0.3) is 0 Å². The maximum atomic E-state index is 2.50. The van der Waals surface area contributed by atoms with Crippen molar-refractivity contribution in [2.75, 3.05) is 0 Å². The lowest BCUT2D eigenvalue weighted by atomic mass is 9.94. The van der Waals surface area contributed by atoms with E-state index in [1.165, 1.54) is 180 Å². The van der Waals surface area contributed by atoms with Crippen LogP contribution in [0.5, 0.6) is 0 Å².